The number of likely N-dealkylation sites (tertiary alicyclic amines) is 1. The molecule has 20 heavy (non-hydrogen) atoms. The maximum Gasteiger partial charge on any atom is 0.203 e. The van der Waals surface area contributed by atoms with Crippen molar-refractivity contribution in [2.45, 2.75) is 31.8 Å². The lowest BCUT2D eigenvalue weighted by Gasteiger charge is -2.36. The van der Waals surface area contributed by atoms with Crippen LogP contribution in [0.1, 0.15) is 30.8 Å². The first-order chi connectivity index (χ1) is 9.72. The number of nitriles is 1. The van der Waals surface area contributed by atoms with Gasteiger partial charge in [0.15, 0.2) is 0 Å². The van der Waals surface area contributed by atoms with Crippen molar-refractivity contribution in [1.82, 2.24) is 9.80 Å². The number of rotatable bonds is 6. The number of hydrogen-bond donors (Lipinski definition) is 1. The summed E-state index contributed by atoms with van der Waals surface area (Å²) >= 11 is 0. The van der Waals surface area contributed by atoms with Gasteiger partial charge in [0.25, 0.3) is 0 Å². The van der Waals surface area contributed by atoms with Crippen LogP contribution < -0.4 is 0 Å². The van der Waals surface area contributed by atoms with Gasteiger partial charge in [-0.05, 0) is 38.4 Å². The molecule has 1 N–H and O–H groups in total. The van der Waals surface area contributed by atoms with E-state index >= 15 is 0 Å². The van der Waals surface area contributed by atoms with E-state index < -0.39 is 0 Å². The number of aliphatic hydroxyl groups excluding tert-OH is 1. The molecule has 0 unspecified atom stereocenters. The summed E-state index contributed by atoms with van der Waals surface area (Å²) in [6, 6.07) is 6.24. The highest BCUT2D eigenvalue weighted by Crippen LogP contribution is 2.18. The van der Waals surface area contributed by atoms with Crippen molar-refractivity contribution >= 4 is 0 Å². The van der Waals surface area contributed by atoms with Crippen LogP contribution in [0.15, 0.2) is 16.5 Å². The van der Waals surface area contributed by atoms with Gasteiger partial charge in [-0.3, -0.25) is 4.90 Å². The Bertz CT molecular complexity index is 444. The number of aliphatic hydroxyl groups is 1. The molecule has 0 atom stereocenters. The van der Waals surface area contributed by atoms with Crippen LogP contribution in [0.2, 0.25) is 0 Å². The minimum Gasteiger partial charge on any atom is -0.449 e. The van der Waals surface area contributed by atoms with E-state index in [0.717, 1.165) is 51.2 Å². The molecule has 0 amide bonds. The molecular formula is C15H23N3O2. The molecule has 110 valence electrons. The lowest BCUT2D eigenvalue weighted by molar-refractivity contribution is 0.113. The van der Waals surface area contributed by atoms with E-state index in [1.54, 1.807) is 6.07 Å². The molecule has 2 heterocycles. The Morgan fingerprint density at radius 1 is 1.45 bits per heavy atom. The second-order valence-electron chi connectivity index (χ2n) is 5.44. The third-order valence-electron chi connectivity index (χ3n) is 4.00. The zero-order valence-electron chi connectivity index (χ0n) is 12.1. The van der Waals surface area contributed by atoms with Gasteiger partial charge in [0, 0.05) is 32.3 Å². The summed E-state index contributed by atoms with van der Waals surface area (Å²) < 4.78 is 5.42. The number of hydrogen-bond acceptors (Lipinski definition) is 5. The summed E-state index contributed by atoms with van der Waals surface area (Å²) in [5.74, 6) is 1.26. The molecule has 1 fully saturated rings. The van der Waals surface area contributed by atoms with Gasteiger partial charge >= 0.3 is 0 Å². The monoisotopic (exact) mass is 277 g/mol. The third-order valence-corrected chi connectivity index (χ3v) is 4.00. The number of piperidine rings is 1. The molecule has 1 saturated heterocycles. The predicted molar refractivity (Wildman–Crippen MR) is 76.1 cm³/mol. The highest BCUT2D eigenvalue weighted by molar-refractivity contribution is 5.19. The Morgan fingerprint density at radius 2 is 2.20 bits per heavy atom. The normalized spacial score (nSPS) is 17.5. The summed E-state index contributed by atoms with van der Waals surface area (Å²) in [6.07, 6.45) is 3.14. The van der Waals surface area contributed by atoms with Crippen molar-refractivity contribution in [1.29, 1.82) is 5.26 Å². The molecule has 0 aromatic carbocycles. The van der Waals surface area contributed by atoms with Gasteiger partial charge in [0.05, 0.1) is 6.54 Å². The van der Waals surface area contributed by atoms with Gasteiger partial charge in [-0.2, -0.15) is 5.26 Å². The topological polar surface area (TPSA) is 63.6 Å². The quantitative estimate of drug-likeness (QED) is 0.852. The average Bonchev–Trinajstić information content (AvgIpc) is 2.93. The lowest BCUT2D eigenvalue weighted by atomic mass is 10.0. The second kappa shape index (κ2) is 7.44. The second-order valence-corrected chi connectivity index (χ2v) is 5.44. The minimum atomic E-state index is 0.267. The molecular weight excluding hydrogens is 254 g/mol. The summed E-state index contributed by atoms with van der Waals surface area (Å²) in [5, 5.41) is 17.6. The Labute approximate surface area is 120 Å². The summed E-state index contributed by atoms with van der Waals surface area (Å²) in [5.41, 5.74) is 0. The van der Waals surface area contributed by atoms with Crippen LogP contribution in [0.3, 0.4) is 0 Å². The van der Waals surface area contributed by atoms with Gasteiger partial charge < -0.3 is 14.4 Å². The molecule has 0 spiro atoms. The molecule has 1 aliphatic heterocycles. The molecule has 2 rings (SSSR count). The average molecular weight is 277 g/mol. The van der Waals surface area contributed by atoms with E-state index in [4.69, 9.17) is 14.8 Å². The number of nitrogens with zero attached hydrogens (tertiary/aromatic N) is 3. The van der Waals surface area contributed by atoms with Crippen LogP contribution >= 0.6 is 0 Å². The molecule has 1 aromatic heterocycles. The molecule has 5 heteroatoms. The van der Waals surface area contributed by atoms with E-state index in [2.05, 4.69) is 16.8 Å². The number of furan rings is 1. The molecule has 0 bridgehead atoms. The van der Waals surface area contributed by atoms with Gasteiger partial charge in [-0.25, -0.2) is 0 Å². The summed E-state index contributed by atoms with van der Waals surface area (Å²) in [4.78, 5) is 4.73. The summed E-state index contributed by atoms with van der Waals surface area (Å²) in [7, 11) is 2.14. The highest BCUT2D eigenvalue weighted by atomic mass is 16.3. The van der Waals surface area contributed by atoms with Crippen LogP contribution in [0.5, 0.6) is 0 Å². The van der Waals surface area contributed by atoms with Crippen LogP contribution in [0.4, 0.5) is 0 Å². The van der Waals surface area contributed by atoms with Crippen molar-refractivity contribution < 1.29 is 9.52 Å². The molecule has 0 saturated carbocycles. The molecule has 5 nitrogen and oxygen atoms in total. The first-order valence-corrected chi connectivity index (χ1v) is 7.25. The first-order valence-electron chi connectivity index (χ1n) is 7.25. The van der Waals surface area contributed by atoms with E-state index in [0.29, 0.717) is 11.8 Å². The van der Waals surface area contributed by atoms with Gasteiger partial charge in [-0.15, -0.1) is 0 Å². The zero-order chi connectivity index (χ0) is 14.4. The SMILES string of the molecule is CN(CCCO)C1CCN(Cc2ccc(C#N)o2)CC1. The van der Waals surface area contributed by atoms with Crippen molar-refractivity contribution in [2.24, 2.45) is 0 Å². The Kier molecular flexibility index (Phi) is 5.60. The van der Waals surface area contributed by atoms with Gasteiger partial charge in [-0.1, -0.05) is 0 Å². The fourth-order valence-electron chi connectivity index (χ4n) is 2.76. The largest absolute Gasteiger partial charge is 0.449 e. The van der Waals surface area contributed by atoms with E-state index in [1.165, 1.54) is 0 Å². The fourth-order valence-corrected chi connectivity index (χ4v) is 2.76. The van der Waals surface area contributed by atoms with E-state index in [-0.39, 0.29) is 6.61 Å². The fraction of sp³-hybridized carbons (Fsp3) is 0.667. The van der Waals surface area contributed by atoms with E-state index in [9.17, 15) is 0 Å². The first kappa shape index (κ1) is 15.0. The highest BCUT2D eigenvalue weighted by Gasteiger charge is 2.22. The maximum absolute atomic E-state index is 8.87. The predicted octanol–water partition coefficient (Wildman–Crippen LogP) is 1.43. The van der Waals surface area contributed by atoms with Crippen LogP contribution in [0, 0.1) is 11.3 Å². The van der Waals surface area contributed by atoms with Crippen LogP contribution in [-0.4, -0.2) is 54.2 Å². The van der Waals surface area contributed by atoms with Gasteiger partial charge in [0.2, 0.25) is 5.76 Å². The van der Waals surface area contributed by atoms with Crippen LogP contribution in [0.25, 0.3) is 0 Å². The Morgan fingerprint density at radius 3 is 2.80 bits per heavy atom. The van der Waals surface area contributed by atoms with Gasteiger partial charge in [0.1, 0.15) is 11.8 Å². The van der Waals surface area contributed by atoms with Crippen molar-refractivity contribution in [3.05, 3.63) is 23.7 Å². The molecule has 1 aliphatic rings. The molecule has 0 radical (unpaired) electrons. The van der Waals surface area contributed by atoms with Crippen molar-refractivity contribution in [2.75, 3.05) is 33.3 Å². The summed E-state index contributed by atoms with van der Waals surface area (Å²) in [6.45, 7) is 4.12. The third kappa shape index (κ3) is 4.07. The maximum atomic E-state index is 8.87. The lowest BCUT2D eigenvalue weighted by Crippen LogP contribution is -2.43. The van der Waals surface area contributed by atoms with Crippen LogP contribution in [-0.2, 0) is 6.54 Å². The Balaban J connectivity index is 1.75. The van der Waals surface area contributed by atoms with Crippen molar-refractivity contribution in [3.63, 3.8) is 0 Å². The minimum absolute atomic E-state index is 0.267. The zero-order valence-corrected chi connectivity index (χ0v) is 12.1. The Hall–Kier alpha value is -1.35. The van der Waals surface area contributed by atoms with E-state index in [1.807, 2.05) is 12.1 Å². The van der Waals surface area contributed by atoms with Crippen molar-refractivity contribution in [3.8, 4) is 6.07 Å². The smallest absolute Gasteiger partial charge is 0.203 e. The standard InChI is InChI=1S/C15H23N3O2/c1-17(7-2-10-19)13-5-8-18(9-6-13)12-15-4-3-14(11-16)20-15/h3-4,13,19H,2,5-10,12H2,1H3. The molecule has 1 aromatic rings. The molecule has 0 aliphatic carbocycles.